The number of hydrogen-bond acceptors (Lipinski definition) is 4. The van der Waals surface area contributed by atoms with Gasteiger partial charge in [0.15, 0.2) is 11.5 Å². The van der Waals surface area contributed by atoms with E-state index in [4.69, 9.17) is 0 Å². The molecular weight excluding hydrogens is 350 g/mol. The van der Waals surface area contributed by atoms with Gasteiger partial charge in [-0.15, -0.1) is 0 Å². The van der Waals surface area contributed by atoms with E-state index in [9.17, 15) is 20.1 Å². The summed E-state index contributed by atoms with van der Waals surface area (Å²) in [7, 11) is 0. The standard InChI is InChI=1S/C16H16BrNO4/c17-14-8-16(22)15(21)7-12(14)9-18(10-19)6-5-11-1-3-13(20)4-2-11/h1-4,7-8,10,20-22H,5-6,9H2. The second kappa shape index (κ2) is 7.17. The molecule has 6 heteroatoms. The molecule has 116 valence electrons. The van der Waals surface area contributed by atoms with Crippen molar-refractivity contribution in [3.63, 3.8) is 0 Å². The van der Waals surface area contributed by atoms with Crippen LogP contribution in [0.15, 0.2) is 40.9 Å². The van der Waals surface area contributed by atoms with E-state index in [0.717, 1.165) is 12.0 Å². The van der Waals surface area contributed by atoms with Crippen molar-refractivity contribution < 1.29 is 20.1 Å². The largest absolute Gasteiger partial charge is 0.508 e. The lowest BCUT2D eigenvalue weighted by atomic mass is 10.1. The SMILES string of the molecule is O=CN(CCc1ccc(O)cc1)Cc1cc(O)c(O)cc1Br. The van der Waals surface area contributed by atoms with E-state index in [1.807, 2.05) is 0 Å². The molecule has 0 atom stereocenters. The van der Waals surface area contributed by atoms with E-state index in [1.54, 1.807) is 29.2 Å². The molecule has 0 aliphatic rings. The molecule has 0 aliphatic heterocycles. The monoisotopic (exact) mass is 365 g/mol. The Morgan fingerprint density at radius 2 is 1.68 bits per heavy atom. The third kappa shape index (κ3) is 4.14. The van der Waals surface area contributed by atoms with Crippen LogP contribution < -0.4 is 0 Å². The van der Waals surface area contributed by atoms with Gasteiger partial charge in [-0.3, -0.25) is 4.79 Å². The Morgan fingerprint density at radius 3 is 2.32 bits per heavy atom. The van der Waals surface area contributed by atoms with Crippen molar-refractivity contribution in [3.05, 3.63) is 52.0 Å². The highest BCUT2D eigenvalue weighted by Crippen LogP contribution is 2.32. The number of nitrogens with zero attached hydrogens (tertiary/aromatic N) is 1. The molecule has 0 unspecified atom stereocenters. The molecule has 22 heavy (non-hydrogen) atoms. The summed E-state index contributed by atoms with van der Waals surface area (Å²) in [4.78, 5) is 12.8. The lowest BCUT2D eigenvalue weighted by Gasteiger charge is -2.18. The number of aromatic hydroxyl groups is 3. The van der Waals surface area contributed by atoms with Crippen molar-refractivity contribution in [1.29, 1.82) is 0 Å². The molecule has 0 aromatic heterocycles. The summed E-state index contributed by atoms with van der Waals surface area (Å²) in [5.41, 5.74) is 1.71. The number of benzene rings is 2. The van der Waals surface area contributed by atoms with Crippen LogP contribution in [0.1, 0.15) is 11.1 Å². The van der Waals surface area contributed by atoms with Crippen LogP contribution in [0.2, 0.25) is 0 Å². The van der Waals surface area contributed by atoms with Crippen LogP contribution in [0, 0.1) is 0 Å². The summed E-state index contributed by atoms with van der Waals surface area (Å²) in [6, 6.07) is 9.65. The summed E-state index contributed by atoms with van der Waals surface area (Å²) >= 11 is 3.30. The maximum absolute atomic E-state index is 11.2. The van der Waals surface area contributed by atoms with Crippen LogP contribution in [0.3, 0.4) is 0 Å². The van der Waals surface area contributed by atoms with Crippen molar-refractivity contribution in [3.8, 4) is 17.2 Å². The van der Waals surface area contributed by atoms with Gasteiger partial charge >= 0.3 is 0 Å². The third-order valence-corrected chi connectivity index (χ3v) is 4.03. The summed E-state index contributed by atoms with van der Waals surface area (Å²) in [6.45, 7) is 0.818. The molecule has 0 bridgehead atoms. The maximum atomic E-state index is 11.2. The average Bonchev–Trinajstić information content (AvgIpc) is 2.50. The molecule has 2 aromatic carbocycles. The first-order valence-corrected chi connectivity index (χ1v) is 7.46. The van der Waals surface area contributed by atoms with Gasteiger partial charge in [-0.2, -0.15) is 0 Å². The van der Waals surface area contributed by atoms with Gasteiger partial charge in [-0.1, -0.05) is 28.1 Å². The number of hydrogen-bond donors (Lipinski definition) is 3. The highest BCUT2D eigenvalue weighted by atomic mass is 79.9. The van der Waals surface area contributed by atoms with Crippen molar-refractivity contribution in [2.45, 2.75) is 13.0 Å². The molecule has 5 nitrogen and oxygen atoms in total. The minimum Gasteiger partial charge on any atom is -0.508 e. The number of rotatable bonds is 6. The molecule has 0 radical (unpaired) electrons. The Balaban J connectivity index is 2.02. The smallest absolute Gasteiger partial charge is 0.210 e. The lowest BCUT2D eigenvalue weighted by Crippen LogP contribution is -2.24. The van der Waals surface area contributed by atoms with Crippen LogP contribution in [0.25, 0.3) is 0 Å². The number of carbonyl (C=O) groups is 1. The second-order valence-corrected chi connectivity index (χ2v) is 5.78. The van der Waals surface area contributed by atoms with Crippen molar-refractivity contribution in [2.75, 3.05) is 6.54 Å². The van der Waals surface area contributed by atoms with Gasteiger partial charge in [-0.05, 0) is 41.8 Å². The second-order valence-electron chi connectivity index (χ2n) is 4.92. The van der Waals surface area contributed by atoms with Gasteiger partial charge in [0.25, 0.3) is 0 Å². The van der Waals surface area contributed by atoms with Crippen LogP contribution in [0.4, 0.5) is 0 Å². The zero-order chi connectivity index (χ0) is 16.1. The van der Waals surface area contributed by atoms with Crippen molar-refractivity contribution in [2.24, 2.45) is 0 Å². The average molecular weight is 366 g/mol. The predicted octanol–water partition coefficient (Wildman–Crippen LogP) is 2.77. The predicted molar refractivity (Wildman–Crippen MR) is 85.8 cm³/mol. The Morgan fingerprint density at radius 1 is 1.05 bits per heavy atom. The lowest BCUT2D eigenvalue weighted by molar-refractivity contribution is -0.118. The molecule has 3 N–H and O–H groups in total. The Kier molecular flexibility index (Phi) is 5.27. The fraction of sp³-hybridized carbons (Fsp3) is 0.188. The maximum Gasteiger partial charge on any atom is 0.210 e. The fourth-order valence-electron chi connectivity index (χ4n) is 2.04. The molecule has 0 spiro atoms. The van der Waals surface area contributed by atoms with E-state index in [-0.39, 0.29) is 17.2 Å². The Bertz CT molecular complexity index is 658. The molecule has 2 rings (SSSR count). The molecule has 0 saturated heterocycles. The molecule has 0 aliphatic carbocycles. The van der Waals surface area contributed by atoms with E-state index in [2.05, 4.69) is 15.9 Å². The number of amides is 1. The van der Waals surface area contributed by atoms with Crippen molar-refractivity contribution >= 4 is 22.3 Å². The Labute approximate surface area is 136 Å². The highest BCUT2D eigenvalue weighted by molar-refractivity contribution is 9.10. The van der Waals surface area contributed by atoms with Gasteiger partial charge in [0, 0.05) is 17.6 Å². The first-order valence-electron chi connectivity index (χ1n) is 6.67. The number of carbonyl (C=O) groups excluding carboxylic acids is 1. The molecule has 0 saturated carbocycles. The fourth-order valence-corrected chi connectivity index (χ4v) is 2.50. The normalized spacial score (nSPS) is 10.4. The Hall–Kier alpha value is -2.21. The van der Waals surface area contributed by atoms with E-state index >= 15 is 0 Å². The van der Waals surface area contributed by atoms with Crippen LogP contribution in [0.5, 0.6) is 17.2 Å². The zero-order valence-electron chi connectivity index (χ0n) is 11.7. The first kappa shape index (κ1) is 16.2. The van der Waals surface area contributed by atoms with Crippen LogP contribution >= 0.6 is 15.9 Å². The topological polar surface area (TPSA) is 81.0 Å². The van der Waals surface area contributed by atoms with Gasteiger partial charge in [0.2, 0.25) is 6.41 Å². The van der Waals surface area contributed by atoms with Crippen LogP contribution in [-0.2, 0) is 17.8 Å². The first-order chi connectivity index (χ1) is 10.5. The molecule has 2 aromatic rings. The van der Waals surface area contributed by atoms with Gasteiger partial charge in [0.05, 0.1) is 0 Å². The van der Waals surface area contributed by atoms with Crippen LogP contribution in [-0.4, -0.2) is 33.2 Å². The van der Waals surface area contributed by atoms with Crippen molar-refractivity contribution in [1.82, 2.24) is 4.90 Å². The molecular formula is C16H16BrNO4. The summed E-state index contributed by atoms with van der Waals surface area (Å²) in [6.07, 6.45) is 1.40. The highest BCUT2D eigenvalue weighted by Gasteiger charge is 2.10. The van der Waals surface area contributed by atoms with Gasteiger partial charge < -0.3 is 20.2 Å². The zero-order valence-corrected chi connectivity index (χ0v) is 13.3. The number of halogens is 1. The third-order valence-electron chi connectivity index (χ3n) is 3.29. The quantitative estimate of drug-likeness (QED) is 0.543. The number of phenols is 3. The van der Waals surface area contributed by atoms with E-state index in [0.29, 0.717) is 29.5 Å². The number of phenolic OH excluding ortho intramolecular Hbond substituents is 3. The summed E-state index contributed by atoms with van der Waals surface area (Å²) in [5, 5.41) is 28.2. The molecule has 1 amide bonds. The van der Waals surface area contributed by atoms with Gasteiger partial charge in [-0.25, -0.2) is 0 Å². The van der Waals surface area contributed by atoms with Gasteiger partial charge in [0.1, 0.15) is 5.75 Å². The van der Waals surface area contributed by atoms with E-state index < -0.39 is 0 Å². The summed E-state index contributed by atoms with van der Waals surface area (Å²) in [5.74, 6) is -0.223. The minimum absolute atomic E-state index is 0.208. The molecule has 0 heterocycles. The minimum atomic E-state index is -0.220. The summed E-state index contributed by atoms with van der Waals surface area (Å²) < 4.78 is 0.624. The van der Waals surface area contributed by atoms with E-state index in [1.165, 1.54) is 12.1 Å². The molecule has 0 fully saturated rings.